The van der Waals surface area contributed by atoms with E-state index in [2.05, 4.69) is 15.5 Å². The number of hydrogen-bond donors (Lipinski definition) is 1. The number of alkyl halides is 3. The van der Waals surface area contributed by atoms with Crippen molar-refractivity contribution in [1.29, 1.82) is 0 Å². The number of hydrogen-bond acceptors (Lipinski definition) is 6. The summed E-state index contributed by atoms with van der Waals surface area (Å²) in [7, 11) is -4.11. The third-order valence-corrected chi connectivity index (χ3v) is 6.73. The summed E-state index contributed by atoms with van der Waals surface area (Å²) in [4.78, 5) is 12.2. The van der Waals surface area contributed by atoms with Gasteiger partial charge in [0.05, 0.1) is 10.5 Å². The summed E-state index contributed by atoms with van der Waals surface area (Å²) in [5.41, 5.74) is -0.941. The van der Waals surface area contributed by atoms with Crippen LogP contribution in [0.15, 0.2) is 29.2 Å². The molecule has 0 aliphatic carbocycles. The summed E-state index contributed by atoms with van der Waals surface area (Å²) in [5, 5.41) is 11.0. The van der Waals surface area contributed by atoms with Gasteiger partial charge in [0.1, 0.15) is 11.0 Å². The Morgan fingerprint density at radius 3 is 2.48 bits per heavy atom. The van der Waals surface area contributed by atoms with Gasteiger partial charge in [0.15, 0.2) is 0 Å². The van der Waals surface area contributed by atoms with Gasteiger partial charge in [-0.05, 0) is 44.0 Å². The lowest BCUT2D eigenvalue weighted by molar-refractivity contribution is -0.137. The van der Waals surface area contributed by atoms with E-state index in [1.54, 1.807) is 6.92 Å². The fourth-order valence-corrected chi connectivity index (χ4v) is 5.03. The third-order valence-electron chi connectivity index (χ3n) is 4.05. The van der Waals surface area contributed by atoms with Gasteiger partial charge >= 0.3 is 6.18 Å². The van der Waals surface area contributed by atoms with Crippen molar-refractivity contribution in [2.75, 3.05) is 11.9 Å². The zero-order valence-electron chi connectivity index (χ0n) is 14.0. The number of benzene rings is 1. The number of aryl methyl sites for hydroxylation is 1. The lowest BCUT2D eigenvalue weighted by Gasteiger charge is -2.23. The van der Waals surface area contributed by atoms with E-state index < -0.39 is 33.7 Å². The number of amides is 1. The average molecular weight is 420 g/mol. The second kappa shape index (κ2) is 7.17. The second-order valence-corrected chi connectivity index (χ2v) is 8.98. The average Bonchev–Trinajstić information content (AvgIpc) is 3.23. The van der Waals surface area contributed by atoms with Gasteiger partial charge in [-0.3, -0.25) is 10.1 Å². The number of carbonyl (C=O) groups excluding carboxylic acids is 1. The van der Waals surface area contributed by atoms with Crippen LogP contribution in [-0.2, 0) is 21.0 Å². The molecule has 1 unspecified atom stereocenters. The number of sulfonamides is 1. The molecule has 1 aliphatic rings. The molecule has 0 bridgehead atoms. The number of rotatable bonds is 4. The fraction of sp³-hybridized carbons (Fsp3) is 0.400. The zero-order chi connectivity index (χ0) is 19.8. The number of aromatic nitrogens is 2. The summed E-state index contributed by atoms with van der Waals surface area (Å²) in [6.45, 7) is 1.82. The zero-order valence-corrected chi connectivity index (χ0v) is 15.7. The molecule has 3 rings (SSSR count). The van der Waals surface area contributed by atoms with E-state index in [0.717, 1.165) is 27.8 Å². The molecule has 0 radical (unpaired) electrons. The monoisotopic (exact) mass is 420 g/mol. The largest absolute Gasteiger partial charge is 0.416 e. The van der Waals surface area contributed by atoms with Crippen LogP contribution in [0.3, 0.4) is 0 Å². The summed E-state index contributed by atoms with van der Waals surface area (Å²) in [6, 6.07) is 2.27. The minimum atomic E-state index is -4.56. The highest BCUT2D eigenvalue weighted by Crippen LogP contribution is 2.32. The topological polar surface area (TPSA) is 92.3 Å². The number of halogens is 3. The predicted molar refractivity (Wildman–Crippen MR) is 91.6 cm³/mol. The predicted octanol–water partition coefficient (Wildman–Crippen LogP) is 2.66. The van der Waals surface area contributed by atoms with Crippen LogP contribution in [-0.4, -0.2) is 41.4 Å². The molecule has 12 heteroatoms. The van der Waals surface area contributed by atoms with Crippen LogP contribution in [0.4, 0.5) is 18.3 Å². The Labute approximate surface area is 157 Å². The Balaban J connectivity index is 1.81. The molecular formula is C15H15F3N4O3S2. The molecule has 1 N–H and O–H groups in total. The van der Waals surface area contributed by atoms with Crippen LogP contribution in [0.5, 0.6) is 0 Å². The van der Waals surface area contributed by atoms with Crippen molar-refractivity contribution in [3.8, 4) is 0 Å². The van der Waals surface area contributed by atoms with E-state index in [9.17, 15) is 26.4 Å². The van der Waals surface area contributed by atoms with Crippen molar-refractivity contribution in [1.82, 2.24) is 14.5 Å². The molecule has 0 spiro atoms. The molecule has 1 amide bonds. The summed E-state index contributed by atoms with van der Waals surface area (Å²) in [5.74, 6) is -0.542. The highest BCUT2D eigenvalue weighted by Gasteiger charge is 2.40. The Bertz CT molecular complexity index is 942. The molecule has 1 atom stereocenters. The van der Waals surface area contributed by atoms with Crippen molar-refractivity contribution >= 4 is 32.4 Å². The van der Waals surface area contributed by atoms with Crippen LogP contribution in [0, 0.1) is 6.92 Å². The smallest absolute Gasteiger partial charge is 0.299 e. The third kappa shape index (κ3) is 4.12. The number of anilines is 1. The van der Waals surface area contributed by atoms with Gasteiger partial charge in [-0.25, -0.2) is 8.42 Å². The molecule has 2 heterocycles. The van der Waals surface area contributed by atoms with Crippen LogP contribution in [0.25, 0.3) is 0 Å². The van der Waals surface area contributed by atoms with Gasteiger partial charge in [-0.2, -0.15) is 17.5 Å². The lowest BCUT2D eigenvalue weighted by Crippen LogP contribution is -2.43. The fourth-order valence-electron chi connectivity index (χ4n) is 2.78. The summed E-state index contributed by atoms with van der Waals surface area (Å²) in [6.07, 6.45) is -3.78. The van der Waals surface area contributed by atoms with Crippen molar-refractivity contribution in [3.05, 3.63) is 34.8 Å². The van der Waals surface area contributed by atoms with Crippen LogP contribution in [0.1, 0.15) is 23.4 Å². The molecular weight excluding hydrogens is 405 g/mol. The molecule has 1 aliphatic heterocycles. The molecule has 146 valence electrons. The van der Waals surface area contributed by atoms with Gasteiger partial charge in [0, 0.05) is 6.54 Å². The molecule has 7 nitrogen and oxygen atoms in total. The molecule has 1 aromatic carbocycles. The van der Waals surface area contributed by atoms with E-state index in [1.165, 1.54) is 0 Å². The molecule has 2 aromatic rings. The highest BCUT2D eigenvalue weighted by molar-refractivity contribution is 7.89. The summed E-state index contributed by atoms with van der Waals surface area (Å²) >= 11 is 1.16. The van der Waals surface area contributed by atoms with Crippen molar-refractivity contribution in [2.45, 2.75) is 36.9 Å². The van der Waals surface area contributed by atoms with Crippen LogP contribution < -0.4 is 5.32 Å². The van der Waals surface area contributed by atoms with Crippen LogP contribution >= 0.6 is 11.3 Å². The van der Waals surface area contributed by atoms with Gasteiger partial charge in [-0.15, -0.1) is 10.2 Å². The van der Waals surface area contributed by atoms with E-state index in [1.807, 2.05) is 0 Å². The van der Waals surface area contributed by atoms with Gasteiger partial charge in [-0.1, -0.05) is 11.3 Å². The maximum Gasteiger partial charge on any atom is 0.416 e. The molecule has 1 aromatic heterocycles. The Morgan fingerprint density at radius 1 is 1.26 bits per heavy atom. The number of nitrogens with zero attached hydrogens (tertiary/aromatic N) is 3. The molecule has 1 saturated heterocycles. The second-order valence-electron chi connectivity index (χ2n) is 5.91. The van der Waals surface area contributed by atoms with E-state index >= 15 is 0 Å². The van der Waals surface area contributed by atoms with E-state index in [4.69, 9.17) is 0 Å². The first-order chi connectivity index (χ1) is 12.6. The van der Waals surface area contributed by atoms with E-state index in [-0.39, 0.29) is 16.6 Å². The molecule has 27 heavy (non-hydrogen) atoms. The number of nitrogens with one attached hydrogen (secondary N) is 1. The van der Waals surface area contributed by atoms with Gasteiger partial charge in [0.2, 0.25) is 21.1 Å². The number of carbonyl (C=O) groups is 1. The maximum absolute atomic E-state index is 12.8. The Kier molecular flexibility index (Phi) is 5.23. The van der Waals surface area contributed by atoms with Gasteiger partial charge < -0.3 is 0 Å². The molecule has 0 saturated carbocycles. The Hall–Kier alpha value is -2.05. The van der Waals surface area contributed by atoms with Crippen molar-refractivity contribution < 1.29 is 26.4 Å². The Morgan fingerprint density at radius 2 is 1.93 bits per heavy atom. The van der Waals surface area contributed by atoms with Crippen LogP contribution in [0.2, 0.25) is 0 Å². The lowest BCUT2D eigenvalue weighted by atomic mass is 10.2. The standard InChI is InChI=1S/C15H15F3N4O3S2/c1-9-20-21-14(26-9)19-13(23)12-3-2-8-22(12)27(24,25)11-6-4-10(5-7-11)15(16,17)18/h4-7,12H,2-3,8H2,1H3,(H,19,21,23). The highest BCUT2D eigenvalue weighted by atomic mass is 32.2. The first kappa shape index (κ1) is 19.7. The quantitative estimate of drug-likeness (QED) is 0.821. The SMILES string of the molecule is Cc1nnc(NC(=O)C2CCCN2S(=O)(=O)c2ccc(C(F)(F)F)cc2)s1. The first-order valence-corrected chi connectivity index (χ1v) is 10.1. The van der Waals surface area contributed by atoms with Gasteiger partial charge in [0.25, 0.3) is 0 Å². The minimum absolute atomic E-state index is 0.108. The minimum Gasteiger partial charge on any atom is -0.299 e. The maximum atomic E-state index is 12.8. The normalized spacial score (nSPS) is 18.6. The first-order valence-electron chi connectivity index (χ1n) is 7.89. The van der Waals surface area contributed by atoms with E-state index in [0.29, 0.717) is 30.0 Å². The van der Waals surface area contributed by atoms with Crippen molar-refractivity contribution in [3.63, 3.8) is 0 Å². The molecule has 1 fully saturated rings. The summed E-state index contributed by atoms with van der Waals surface area (Å²) < 4.78 is 64.6. The van der Waals surface area contributed by atoms with Crippen molar-refractivity contribution in [2.24, 2.45) is 0 Å².